The topological polar surface area (TPSA) is 89.5 Å². The Bertz CT molecular complexity index is 1170. The maximum atomic E-state index is 11.4. The highest BCUT2D eigenvalue weighted by atomic mass is 16.6. The standard InChI is InChI=1S/C30H36O8/c1-21(2)29(31)37-17-13-33-11-15-35-27-9-5-7-23-20-26-24(19-25(23)27)8-6-10-28(26)36-16-12-34-14-18-38-30(32)22(3)4/h5-7,9-10,19-20,28H,1,3,8,11-18H2,2,4H3. The summed E-state index contributed by atoms with van der Waals surface area (Å²) in [6, 6.07) is 10.3. The van der Waals surface area contributed by atoms with Crippen molar-refractivity contribution in [2.45, 2.75) is 26.4 Å². The smallest absolute Gasteiger partial charge is 0.333 e. The van der Waals surface area contributed by atoms with Crippen molar-refractivity contribution in [3.05, 3.63) is 77.9 Å². The first kappa shape index (κ1) is 29.1. The Hall–Kier alpha value is -3.46. The van der Waals surface area contributed by atoms with Crippen LogP contribution in [0.5, 0.6) is 5.75 Å². The molecule has 0 amide bonds. The molecule has 204 valence electrons. The predicted molar refractivity (Wildman–Crippen MR) is 144 cm³/mol. The molecule has 2 aromatic rings. The number of carbonyl (C=O) groups excluding carboxylic acids is 2. The van der Waals surface area contributed by atoms with Gasteiger partial charge in [0.15, 0.2) is 0 Å². The van der Waals surface area contributed by atoms with Crippen LogP contribution in [0, 0.1) is 0 Å². The van der Waals surface area contributed by atoms with Crippen LogP contribution in [-0.2, 0) is 39.7 Å². The minimum absolute atomic E-state index is 0.162. The molecule has 0 heterocycles. The third-order valence-corrected chi connectivity index (χ3v) is 5.68. The Morgan fingerprint density at radius 3 is 2.13 bits per heavy atom. The van der Waals surface area contributed by atoms with Crippen LogP contribution < -0.4 is 4.74 Å². The second-order valence-electron chi connectivity index (χ2n) is 8.86. The van der Waals surface area contributed by atoms with Crippen molar-refractivity contribution in [3.63, 3.8) is 0 Å². The summed E-state index contributed by atoms with van der Waals surface area (Å²) >= 11 is 0. The molecule has 0 N–H and O–H groups in total. The number of hydrogen-bond donors (Lipinski definition) is 0. The molecule has 1 unspecified atom stereocenters. The van der Waals surface area contributed by atoms with Crippen LogP contribution in [0.1, 0.15) is 31.1 Å². The summed E-state index contributed by atoms with van der Waals surface area (Å²) in [7, 11) is 0. The molecule has 0 fully saturated rings. The van der Waals surface area contributed by atoms with Crippen molar-refractivity contribution in [2.24, 2.45) is 0 Å². The normalized spacial score (nSPS) is 14.1. The van der Waals surface area contributed by atoms with E-state index in [-0.39, 0.29) is 19.3 Å². The van der Waals surface area contributed by atoms with Gasteiger partial charge < -0.3 is 28.4 Å². The third-order valence-electron chi connectivity index (χ3n) is 5.68. The van der Waals surface area contributed by atoms with Crippen LogP contribution in [0.15, 0.2) is 66.8 Å². The number of carbonyl (C=O) groups is 2. The van der Waals surface area contributed by atoms with Gasteiger partial charge in [0, 0.05) is 16.5 Å². The minimum Gasteiger partial charge on any atom is -0.491 e. The van der Waals surface area contributed by atoms with Gasteiger partial charge in [-0.1, -0.05) is 37.4 Å². The highest BCUT2D eigenvalue weighted by Gasteiger charge is 2.18. The van der Waals surface area contributed by atoms with Gasteiger partial charge in [-0.3, -0.25) is 0 Å². The van der Waals surface area contributed by atoms with E-state index in [0.29, 0.717) is 50.8 Å². The van der Waals surface area contributed by atoms with E-state index in [1.807, 2.05) is 12.1 Å². The van der Waals surface area contributed by atoms with Gasteiger partial charge in [-0.2, -0.15) is 0 Å². The maximum Gasteiger partial charge on any atom is 0.333 e. The molecule has 0 saturated heterocycles. The van der Waals surface area contributed by atoms with Gasteiger partial charge in [0.25, 0.3) is 0 Å². The minimum atomic E-state index is -0.418. The Morgan fingerprint density at radius 1 is 0.842 bits per heavy atom. The number of allylic oxidation sites excluding steroid dienone is 1. The first-order chi connectivity index (χ1) is 18.4. The van der Waals surface area contributed by atoms with Crippen molar-refractivity contribution in [1.29, 1.82) is 0 Å². The molecule has 8 nitrogen and oxygen atoms in total. The predicted octanol–water partition coefficient (Wildman–Crippen LogP) is 4.66. The number of rotatable bonds is 16. The van der Waals surface area contributed by atoms with Gasteiger partial charge in [-0.25, -0.2) is 9.59 Å². The van der Waals surface area contributed by atoms with E-state index in [9.17, 15) is 9.59 Å². The lowest BCUT2D eigenvalue weighted by Crippen LogP contribution is -2.15. The van der Waals surface area contributed by atoms with Crippen molar-refractivity contribution in [2.75, 3.05) is 52.9 Å². The average Bonchev–Trinajstić information content (AvgIpc) is 2.90. The summed E-state index contributed by atoms with van der Waals surface area (Å²) in [5, 5.41) is 2.09. The Morgan fingerprint density at radius 2 is 1.47 bits per heavy atom. The molecule has 0 radical (unpaired) electrons. The number of benzene rings is 2. The largest absolute Gasteiger partial charge is 0.491 e. The first-order valence-electron chi connectivity index (χ1n) is 12.6. The van der Waals surface area contributed by atoms with Crippen molar-refractivity contribution in [1.82, 2.24) is 0 Å². The zero-order chi connectivity index (χ0) is 27.3. The second-order valence-corrected chi connectivity index (χ2v) is 8.86. The molecule has 1 aliphatic rings. The molecule has 0 saturated carbocycles. The van der Waals surface area contributed by atoms with E-state index < -0.39 is 11.9 Å². The summed E-state index contributed by atoms with van der Waals surface area (Å²) in [5.74, 6) is -0.0457. The molecular weight excluding hydrogens is 488 g/mol. The highest BCUT2D eigenvalue weighted by Crippen LogP contribution is 2.35. The van der Waals surface area contributed by atoms with Gasteiger partial charge in [-0.15, -0.1) is 0 Å². The van der Waals surface area contributed by atoms with Gasteiger partial charge >= 0.3 is 11.9 Å². The Kier molecular flexibility index (Phi) is 11.5. The van der Waals surface area contributed by atoms with Crippen molar-refractivity contribution >= 4 is 22.7 Å². The lowest BCUT2D eigenvalue weighted by Gasteiger charge is -2.23. The zero-order valence-corrected chi connectivity index (χ0v) is 22.2. The lowest BCUT2D eigenvalue weighted by molar-refractivity contribution is -0.141. The summed E-state index contributed by atoms with van der Waals surface area (Å²) in [6.07, 6.45) is 4.82. The van der Waals surface area contributed by atoms with E-state index in [4.69, 9.17) is 28.4 Å². The van der Waals surface area contributed by atoms with E-state index in [1.54, 1.807) is 13.8 Å². The van der Waals surface area contributed by atoms with Crippen LogP contribution in [0.25, 0.3) is 10.8 Å². The quantitative estimate of drug-likeness (QED) is 0.136. The summed E-state index contributed by atoms with van der Waals surface area (Å²) < 4.78 is 33.1. The Balaban J connectivity index is 1.46. The van der Waals surface area contributed by atoms with Gasteiger partial charge in [0.05, 0.1) is 33.0 Å². The molecule has 0 bridgehead atoms. The van der Waals surface area contributed by atoms with Gasteiger partial charge in [0.1, 0.15) is 31.7 Å². The first-order valence-corrected chi connectivity index (χ1v) is 12.6. The van der Waals surface area contributed by atoms with E-state index in [1.165, 1.54) is 5.56 Å². The maximum absolute atomic E-state index is 11.4. The van der Waals surface area contributed by atoms with Gasteiger partial charge in [0.2, 0.25) is 0 Å². The van der Waals surface area contributed by atoms with E-state index in [0.717, 1.165) is 28.5 Å². The molecule has 8 heteroatoms. The van der Waals surface area contributed by atoms with Crippen molar-refractivity contribution in [3.8, 4) is 5.75 Å². The highest BCUT2D eigenvalue weighted by molar-refractivity contribution is 5.90. The average molecular weight is 525 g/mol. The fraction of sp³-hybridized carbons (Fsp3) is 0.400. The van der Waals surface area contributed by atoms with Crippen LogP contribution in [0.4, 0.5) is 0 Å². The van der Waals surface area contributed by atoms with Crippen LogP contribution in [-0.4, -0.2) is 64.8 Å². The molecular formula is C30H36O8. The monoisotopic (exact) mass is 524 g/mol. The fourth-order valence-corrected chi connectivity index (χ4v) is 3.78. The lowest BCUT2D eigenvalue weighted by atomic mass is 9.91. The van der Waals surface area contributed by atoms with E-state index >= 15 is 0 Å². The molecule has 0 aliphatic heterocycles. The fourth-order valence-electron chi connectivity index (χ4n) is 3.78. The number of esters is 2. The number of fused-ring (bicyclic) bond motifs is 2. The van der Waals surface area contributed by atoms with Gasteiger partial charge in [-0.05, 0) is 55.0 Å². The second kappa shape index (κ2) is 15.1. The molecule has 1 aliphatic carbocycles. The summed E-state index contributed by atoms with van der Waals surface area (Å²) in [4.78, 5) is 22.7. The molecule has 0 spiro atoms. The van der Waals surface area contributed by atoms with Crippen LogP contribution in [0.2, 0.25) is 0 Å². The number of ether oxygens (including phenoxy) is 6. The molecule has 0 aromatic heterocycles. The molecule has 38 heavy (non-hydrogen) atoms. The summed E-state index contributed by atoms with van der Waals surface area (Å²) in [6.45, 7) is 12.8. The van der Waals surface area contributed by atoms with Crippen LogP contribution >= 0.6 is 0 Å². The molecule has 2 aromatic carbocycles. The van der Waals surface area contributed by atoms with Crippen LogP contribution in [0.3, 0.4) is 0 Å². The molecule has 3 rings (SSSR count). The number of hydrogen-bond acceptors (Lipinski definition) is 8. The van der Waals surface area contributed by atoms with E-state index in [2.05, 4.69) is 43.5 Å². The van der Waals surface area contributed by atoms with Crippen molar-refractivity contribution < 1.29 is 38.0 Å². The molecule has 1 atom stereocenters. The zero-order valence-electron chi connectivity index (χ0n) is 22.2. The third kappa shape index (κ3) is 8.83. The Labute approximate surface area is 223 Å². The summed E-state index contributed by atoms with van der Waals surface area (Å²) in [5.41, 5.74) is 3.04. The SMILES string of the molecule is C=C(C)C(=O)OCCOCCOc1cccc2cc3c(cc12)CC=CC3OCCOCCOC(=O)C(=C)C.